The number of ether oxygens (including phenoxy) is 2. The zero-order valence-corrected chi connectivity index (χ0v) is 12.7. The Kier molecular flexibility index (Phi) is 3.53. The normalized spacial score (nSPS) is 26.0. The van der Waals surface area contributed by atoms with Crippen LogP contribution >= 0.6 is 0 Å². The Bertz CT molecular complexity index is 538. The Hall–Kier alpha value is -1.62. The third-order valence-corrected chi connectivity index (χ3v) is 5.12. The van der Waals surface area contributed by atoms with Crippen molar-refractivity contribution in [1.82, 2.24) is 9.88 Å². The number of hydrogen-bond donors (Lipinski definition) is 0. The summed E-state index contributed by atoms with van der Waals surface area (Å²) < 4.78 is 11.8. The van der Waals surface area contributed by atoms with Crippen LogP contribution in [-0.2, 0) is 9.53 Å². The Labute approximate surface area is 130 Å². The second kappa shape index (κ2) is 5.54. The number of pyridine rings is 1. The summed E-state index contributed by atoms with van der Waals surface area (Å²) in [5.41, 5.74) is -0.165. The molecular formula is C17H22N2O3. The molecule has 5 heteroatoms. The van der Waals surface area contributed by atoms with E-state index in [4.69, 9.17) is 9.47 Å². The van der Waals surface area contributed by atoms with Gasteiger partial charge in [-0.1, -0.05) is 0 Å². The highest BCUT2D eigenvalue weighted by atomic mass is 16.5. The molecule has 3 heterocycles. The SMILES string of the molecule is O=C(CC1CC1)N1CC2(C1)OCC[C@@H]2COc1cccnc1. The molecule has 3 aliphatic rings. The summed E-state index contributed by atoms with van der Waals surface area (Å²) in [5.74, 6) is 2.11. The number of amides is 1. The van der Waals surface area contributed by atoms with Crippen molar-refractivity contribution in [2.45, 2.75) is 31.3 Å². The molecular weight excluding hydrogens is 280 g/mol. The van der Waals surface area contributed by atoms with Gasteiger partial charge in [0.25, 0.3) is 0 Å². The van der Waals surface area contributed by atoms with Crippen LogP contribution in [-0.4, -0.2) is 47.7 Å². The van der Waals surface area contributed by atoms with E-state index in [1.54, 1.807) is 12.4 Å². The van der Waals surface area contributed by atoms with Gasteiger partial charge in [0.2, 0.25) is 5.91 Å². The van der Waals surface area contributed by atoms with Crippen molar-refractivity contribution >= 4 is 5.91 Å². The number of hydrogen-bond acceptors (Lipinski definition) is 4. The van der Waals surface area contributed by atoms with E-state index in [0.29, 0.717) is 24.3 Å². The van der Waals surface area contributed by atoms with Crippen molar-refractivity contribution < 1.29 is 14.3 Å². The van der Waals surface area contributed by atoms with E-state index >= 15 is 0 Å². The first-order chi connectivity index (χ1) is 10.8. The predicted octanol–water partition coefficient (Wildman–Crippen LogP) is 1.88. The fourth-order valence-corrected chi connectivity index (χ4v) is 3.47. The number of likely N-dealkylation sites (tertiary alicyclic amines) is 1. The van der Waals surface area contributed by atoms with Crippen molar-refractivity contribution in [3.05, 3.63) is 24.5 Å². The Morgan fingerprint density at radius 3 is 3.00 bits per heavy atom. The van der Waals surface area contributed by atoms with E-state index in [9.17, 15) is 4.79 Å². The van der Waals surface area contributed by atoms with Crippen LogP contribution < -0.4 is 4.74 Å². The van der Waals surface area contributed by atoms with E-state index in [0.717, 1.165) is 38.3 Å². The fraction of sp³-hybridized carbons (Fsp3) is 0.647. The van der Waals surface area contributed by atoms with Gasteiger partial charge >= 0.3 is 0 Å². The monoisotopic (exact) mass is 302 g/mol. The molecule has 118 valence electrons. The number of rotatable bonds is 5. The molecule has 5 nitrogen and oxygen atoms in total. The number of carbonyl (C=O) groups excluding carboxylic acids is 1. The maximum absolute atomic E-state index is 12.1. The maximum atomic E-state index is 12.1. The molecule has 0 unspecified atom stereocenters. The molecule has 4 rings (SSSR count). The van der Waals surface area contributed by atoms with E-state index in [1.807, 2.05) is 17.0 Å². The molecule has 1 spiro atoms. The molecule has 1 aliphatic carbocycles. The van der Waals surface area contributed by atoms with Gasteiger partial charge in [-0.2, -0.15) is 0 Å². The van der Waals surface area contributed by atoms with Crippen LogP contribution in [0.25, 0.3) is 0 Å². The number of aromatic nitrogens is 1. The second-order valence-electron chi connectivity index (χ2n) is 6.80. The van der Waals surface area contributed by atoms with E-state index in [-0.39, 0.29) is 5.60 Å². The zero-order chi connectivity index (χ0) is 15.0. The van der Waals surface area contributed by atoms with Gasteiger partial charge in [-0.15, -0.1) is 0 Å². The minimum absolute atomic E-state index is 0.165. The van der Waals surface area contributed by atoms with Gasteiger partial charge in [0.05, 0.1) is 25.9 Å². The lowest BCUT2D eigenvalue weighted by molar-refractivity contribution is -0.167. The first-order valence-corrected chi connectivity index (χ1v) is 8.20. The molecule has 0 bridgehead atoms. The molecule has 2 aliphatic heterocycles. The molecule has 22 heavy (non-hydrogen) atoms. The number of nitrogens with zero attached hydrogens (tertiary/aromatic N) is 2. The molecule has 3 fully saturated rings. The van der Waals surface area contributed by atoms with Crippen LogP contribution in [0, 0.1) is 11.8 Å². The van der Waals surface area contributed by atoms with Gasteiger partial charge in [0, 0.05) is 25.1 Å². The standard InChI is InChI=1S/C17H22N2O3/c20-16(8-13-3-4-13)19-11-17(12-19)14(5-7-22-17)10-21-15-2-1-6-18-9-15/h1-2,6,9,13-14H,3-5,7-8,10-12H2/t14-/m1/s1. The molecule has 1 aromatic rings. The lowest BCUT2D eigenvalue weighted by atomic mass is 9.81. The first-order valence-electron chi connectivity index (χ1n) is 8.20. The van der Waals surface area contributed by atoms with E-state index in [2.05, 4.69) is 4.98 Å². The van der Waals surface area contributed by atoms with Crippen molar-refractivity contribution in [3.63, 3.8) is 0 Å². The average Bonchev–Trinajstić information content (AvgIpc) is 3.20. The minimum Gasteiger partial charge on any atom is -0.492 e. The molecule has 0 N–H and O–H groups in total. The highest BCUT2D eigenvalue weighted by Gasteiger charge is 2.54. The summed E-state index contributed by atoms with van der Waals surface area (Å²) in [7, 11) is 0. The maximum Gasteiger partial charge on any atom is 0.223 e. The largest absolute Gasteiger partial charge is 0.492 e. The van der Waals surface area contributed by atoms with Crippen LogP contribution in [0.15, 0.2) is 24.5 Å². The smallest absolute Gasteiger partial charge is 0.223 e. The highest BCUT2D eigenvalue weighted by Crippen LogP contribution is 2.41. The third kappa shape index (κ3) is 2.70. The lowest BCUT2D eigenvalue weighted by Crippen LogP contribution is -2.66. The van der Waals surface area contributed by atoms with Crippen LogP contribution in [0.1, 0.15) is 25.7 Å². The Balaban J connectivity index is 1.31. The van der Waals surface area contributed by atoms with Crippen molar-refractivity contribution in [2.24, 2.45) is 11.8 Å². The van der Waals surface area contributed by atoms with Gasteiger partial charge in [-0.25, -0.2) is 0 Å². The van der Waals surface area contributed by atoms with Crippen LogP contribution in [0.3, 0.4) is 0 Å². The Morgan fingerprint density at radius 2 is 2.27 bits per heavy atom. The second-order valence-corrected chi connectivity index (χ2v) is 6.80. The van der Waals surface area contributed by atoms with Gasteiger partial charge in [0.1, 0.15) is 11.4 Å². The highest BCUT2D eigenvalue weighted by molar-refractivity contribution is 5.78. The van der Waals surface area contributed by atoms with E-state index < -0.39 is 0 Å². The molecule has 0 radical (unpaired) electrons. The van der Waals surface area contributed by atoms with Gasteiger partial charge in [-0.3, -0.25) is 9.78 Å². The predicted molar refractivity (Wildman–Crippen MR) is 80.4 cm³/mol. The van der Waals surface area contributed by atoms with Crippen molar-refractivity contribution in [1.29, 1.82) is 0 Å². The summed E-state index contributed by atoms with van der Waals surface area (Å²) in [4.78, 5) is 18.2. The fourth-order valence-electron chi connectivity index (χ4n) is 3.47. The summed E-state index contributed by atoms with van der Waals surface area (Å²) in [6.45, 7) is 2.88. The minimum atomic E-state index is -0.165. The van der Waals surface area contributed by atoms with Crippen molar-refractivity contribution in [3.8, 4) is 5.75 Å². The molecule has 1 aromatic heterocycles. The quantitative estimate of drug-likeness (QED) is 0.833. The molecule has 2 saturated heterocycles. The molecule has 1 atom stereocenters. The van der Waals surface area contributed by atoms with Crippen LogP contribution in [0.5, 0.6) is 5.75 Å². The average molecular weight is 302 g/mol. The zero-order valence-electron chi connectivity index (χ0n) is 12.7. The van der Waals surface area contributed by atoms with Crippen LogP contribution in [0.2, 0.25) is 0 Å². The third-order valence-electron chi connectivity index (χ3n) is 5.12. The van der Waals surface area contributed by atoms with Crippen LogP contribution in [0.4, 0.5) is 0 Å². The van der Waals surface area contributed by atoms with Gasteiger partial charge in [-0.05, 0) is 37.3 Å². The summed E-state index contributed by atoms with van der Waals surface area (Å²) >= 11 is 0. The summed E-state index contributed by atoms with van der Waals surface area (Å²) in [5, 5.41) is 0. The number of carbonyl (C=O) groups is 1. The van der Waals surface area contributed by atoms with Gasteiger partial charge in [0.15, 0.2) is 0 Å². The lowest BCUT2D eigenvalue weighted by Gasteiger charge is -2.50. The molecule has 1 saturated carbocycles. The summed E-state index contributed by atoms with van der Waals surface area (Å²) in [6.07, 6.45) is 7.65. The van der Waals surface area contributed by atoms with Gasteiger partial charge < -0.3 is 14.4 Å². The summed E-state index contributed by atoms with van der Waals surface area (Å²) in [6, 6.07) is 3.79. The molecule has 1 amide bonds. The topological polar surface area (TPSA) is 51.7 Å². The first kappa shape index (κ1) is 14.0. The molecule has 0 aromatic carbocycles. The van der Waals surface area contributed by atoms with Crippen molar-refractivity contribution in [2.75, 3.05) is 26.3 Å². The van der Waals surface area contributed by atoms with E-state index in [1.165, 1.54) is 12.8 Å². The Morgan fingerprint density at radius 1 is 1.41 bits per heavy atom.